The summed E-state index contributed by atoms with van der Waals surface area (Å²) < 4.78 is 0. The fraction of sp³-hybridized carbons (Fsp3) is 0. The standard InChI is InChI=1S/C17H13N3O4/c18-9-12(10-19-14-2-1-3-15(21)8-14)16(22)20-13-6-4-11(5-7-13)17(23)24/h1-8,10,19,21H,(H,20,22)(H,23,24)/b12-10-. The molecule has 0 fully saturated rings. The first-order valence-corrected chi connectivity index (χ1v) is 6.80. The Morgan fingerprint density at radius 1 is 1.08 bits per heavy atom. The molecular weight excluding hydrogens is 310 g/mol. The molecule has 0 bridgehead atoms. The van der Waals surface area contributed by atoms with Gasteiger partial charge < -0.3 is 20.8 Å². The zero-order chi connectivity index (χ0) is 17.5. The number of nitrogens with one attached hydrogen (secondary N) is 2. The Labute approximate surface area is 137 Å². The Balaban J connectivity index is 2.07. The third kappa shape index (κ3) is 4.35. The molecule has 4 N–H and O–H groups in total. The number of nitrogens with zero attached hydrogens (tertiary/aromatic N) is 1. The molecule has 0 aromatic heterocycles. The van der Waals surface area contributed by atoms with Crippen molar-refractivity contribution in [2.75, 3.05) is 10.6 Å². The molecule has 0 aliphatic heterocycles. The van der Waals surface area contributed by atoms with Gasteiger partial charge in [0.25, 0.3) is 5.91 Å². The van der Waals surface area contributed by atoms with Crippen LogP contribution in [0.15, 0.2) is 60.3 Å². The second-order valence-electron chi connectivity index (χ2n) is 4.70. The number of nitriles is 1. The molecule has 0 unspecified atom stereocenters. The Kier molecular flexibility index (Phi) is 5.16. The van der Waals surface area contributed by atoms with E-state index in [4.69, 9.17) is 10.4 Å². The van der Waals surface area contributed by atoms with Gasteiger partial charge in [-0.25, -0.2) is 4.79 Å². The summed E-state index contributed by atoms with van der Waals surface area (Å²) in [6.07, 6.45) is 1.22. The number of aromatic carboxylic acids is 1. The Morgan fingerprint density at radius 3 is 2.38 bits per heavy atom. The highest BCUT2D eigenvalue weighted by molar-refractivity contribution is 6.06. The Bertz CT molecular complexity index is 836. The van der Waals surface area contributed by atoms with E-state index in [1.807, 2.05) is 0 Å². The lowest BCUT2D eigenvalue weighted by Gasteiger charge is -2.06. The molecular formula is C17H13N3O4. The van der Waals surface area contributed by atoms with Crippen molar-refractivity contribution in [3.05, 3.63) is 65.9 Å². The molecule has 0 aliphatic carbocycles. The lowest BCUT2D eigenvalue weighted by atomic mass is 10.2. The molecule has 0 heterocycles. The van der Waals surface area contributed by atoms with Gasteiger partial charge >= 0.3 is 5.97 Å². The molecule has 2 rings (SSSR count). The monoisotopic (exact) mass is 323 g/mol. The predicted octanol–water partition coefficient (Wildman–Crippen LogP) is 2.55. The van der Waals surface area contributed by atoms with E-state index in [2.05, 4.69) is 10.6 Å². The average molecular weight is 323 g/mol. The van der Waals surface area contributed by atoms with Crippen LogP contribution in [-0.4, -0.2) is 22.1 Å². The van der Waals surface area contributed by atoms with E-state index in [1.54, 1.807) is 18.2 Å². The number of anilines is 2. The number of hydrogen-bond donors (Lipinski definition) is 4. The van der Waals surface area contributed by atoms with Crippen molar-refractivity contribution in [1.82, 2.24) is 0 Å². The topological polar surface area (TPSA) is 122 Å². The van der Waals surface area contributed by atoms with Gasteiger partial charge in [0, 0.05) is 23.6 Å². The number of carboxylic acids is 1. The largest absolute Gasteiger partial charge is 0.508 e. The molecule has 7 nitrogen and oxygen atoms in total. The van der Waals surface area contributed by atoms with Gasteiger partial charge in [0.2, 0.25) is 0 Å². The minimum absolute atomic E-state index is 0.0508. The maximum Gasteiger partial charge on any atom is 0.335 e. The van der Waals surface area contributed by atoms with E-state index in [0.29, 0.717) is 11.4 Å². The number of benzene rings is 2. The average Bonchev–Trinajstić information content (AvgIpc) is 2.56. The van der Waals surface area contributed by atoms with Crippen molar-refractivity contribution in [3.8, 4) is 11.8 Å². The summed E-state index contributed by atoms with van der Waals surface area (Å²) in [5, 5.41) is 32.5. The van der Waals surface area contributed by atoms with E-state index in [9.17, 15) is 14.7 Å². The van der Waals surface area contributed by atoms with Crippen LogP contribution in [0, 0.1) is 11.3 Å². The van der Waals surface area contributed by atoms with Crippen LogP contribution < -0.4 is 10.6 Å². The molecule has 0 saturated carbocycles. The highest BCUT2D eigenvalue weighted by Gasteiger charge is 2.10. The molecule has 0 aliphatic rings. The maximum atomic E-state index is 12.0. The van der Waals surface area contributed by atoms with Gasteiger partial charge in [-0.2, -0.15) is 5.26 Å². The summed E-state index contributed by atoms with van der Waals surface area (Å²) in [5.41, 5.74) is 0.792. The molecule has 2 aromatic rings. The summed E-state index contributed by atoms with van der Waals surface area (Å²) in [7, 11) is 0. The fourth-order valence-corrected chi connectivity index (χ4v) is 1.79. The van der Waals surface area contributed by atoms with E-state index in [-0.39, 0.29) is 16.9 Å². The molecule has 0 atom stereocenters. The number of carboxylic acid groups (broad SMARTS) is 1. The summed E-state index contributed by atoms with van der Waals surface area (Å²) in [6.45, 7) is 0. The minimum atomic E-state index is -1.07. The van der Waals surface area contributed by atoms with E-state index >= 15 is 0 Å². The van der Waals surface area contributed by atoms with Crippen LogP contribution >= 0.6 is 0 Å². The number of hydrogen-bond acceptors (Lipinski definition) is 5. The van der Waals surface area contributed by atoms with E-state index < -0.39 is 11.9 Å². The van der Waals surface area contributed by atoms with Crippen LogP contribution in [0.25, 0.3) is 0 Å². The smallest absolute Gasteiger partial charge is 0.335 e. The van der Waals surface area contributed by atoms with Gasteiger partial charge in [-0.05, 0) is 36.4 Å². The molecule has 0 radical (unpaired) electrons. The number of phenolic OH excluding ortho intramolecular Hbond substituents is 1. The SMILES string of the molecule is N#C/C(=C/Nc1cccc(O)c1)C(=O)Nc1ccc(C(=O)O)cc1. The van der Waals surface area contributed by atoms with Gasteiger partial charge in [-0.3, -0.25) is 4.79 Å². The van der Waals surface area contributed by atoms with Crippen molar-refractivity contribution >= 4 is 23.3 Å². The van der Waals surface area contributed by atoms with Crippen molar-refractivity contribution in [3.63, 3.8) is 0 Å². The number of carbonyl (C=O) groups is 2. The highest BCUT2D eigenvalue weighted by atomic mass is 16.4. The Hall–Kier alpha value is -3.79. The van der Waals surface area contributed by atoms with Gasteiger partial charge in [0.1, 0.15) is 17.4 Å². The molecule has 2 aromatic carbocycles. The van der Waals surface area contributed by atoms with Crippen LogP contribution in [-0.2, 0) is 4.79 Å². The summed E-state index contributed by atoms with van der Waals surface area (Å²) in [5.74, 6) is -1.66. The number of amides is 1. The quantitative estimate of drug-likeness (QED) is 0.495. The summed E-state index contributed by atoms with van der Waals surface area (Å²) in [6, 6.07) is 13.5. The minimum Gasteiger partial charge on any atom is -0.508 e. The van der Waals surface area contributed by atoms with Crippen LogP contribution in [0.4, 0.5) is 11.4 Å². The van der Waals surface area contributed by atoms with Crippen molar-refractivity contribution in [2.45, 2.75) is 0 Å². The van der Waals surface area contributed by atoms with Crippen molar-refractivity contribution in [2.24, 2.45) is 0 Å². The molecule has 7 heteroatoms. The number of rotatable bonds is 5. The summed E-state index contributed by atoms with van der Waals surface area (Å²) >= 11 is 0. The van der Waals surface area contributed by atoms with Crippen LogP contribution in [0.2, 0.25) is 0 Å². The van der Waals surface area contributed by atoms with E-state index in [1.165, 1.54) is 42.6 Å². The number of phenols is 1. The third-order valence-electron chi connectivity index (χ3n) is 2.98. The molecule has 120 valence electrons. The molecule has 0 saturated heterocycles. The normalized spacial score (nSPS) is 10.5. The van der Waals surface area contributed by atoms with Gasteiger partial charge in [0.15, 0.2) is 0 Å². The lowest BCUT2D eigenvalue weighted by Crippen LogP contribution is -2.14. The first-order valence-electron chi connectivity index (χ1n) is 6.80. The zero-order valence-corrected chi connectivity index (χ0v) is 12.4. The maximum absolute atomic E-state index is 12.0. The third-order valence-corrected chi connectivity index (χ3v) is 2.98. The van der Waals surface area contributed by atoms with Crippen LogP contribution in [0.3, 0.4) is 0 Å². The lowest BCUT2D eigenvalue weighted by molar-refractivity contribution is -0.112. The van der Waals surface area contributed by atoms with E-state index in [0.717, 1.165) is 0 Å². The van der Waals surface area contributed by atoms with Crippen LogP contribution in [0.5, 0.6) is 5.75 Å². The zero-order valence-electron chi connectivity index (χ0n) is 12.4. The van der Waals surface area contributed by atoms with Crippen LogP contribution in [0.1, 0.15) is 10.4 Å². The van der Waals surface area contributed by atoms with Gasteiger partial charge in [0.05, 0.1) is 5.56 Å². The highest BCUT2D eigenvalue weighted by Crippen LogP contribution is 2.16. The molecule has 0 spiro atoms. The van der Waals surface area contributed by atoms with Gasteiger partial charge in [-0.15, -0.1) is 0 Å². The van der Waals surface area contributed by atoms with Crippen molar-refractivity contribution in [1.29, 1.82) is 5.26 Å². The Morgan fingerprint density at radius 2 is 1.79 bits per heavy atom. The molecule has 24 heavy (non-hydrogen) atoms. The second-order valence-corrected chi connectivity index (χ2v) is 4.70. The number of carbonyl (C=O) groups excluding carboxylic acids is 1. The number of aromatic hydroxyl groups is 1. The fourth-order valence-electron chi connectivity index (χ4n) is 1.79. The predicted molar refractivity (Wildman–Crippen MR) is 87.5 cm³/mol. The second kappa shape index (κ2) is 7.47. The van der Waals surface area contributed by atoms with Gasteiger partial charge in [-0.1, -0.05) is 6.07 Å². The van der Waals surface area contributed by atoms with Crippen molar-refractivity contribution < 1.29 is 19.8 Å². The first kappa shape index (κ1) is 16.6. The summed E-state index contributed by atoms with van der Waals surface area (Å²) in [4.78, 5) is 22.8. The first-order chi connectivity index (χ1) is 11.5. The molecule has 1 amide bonds.